The van der Waals surface area contributed by atoms with Gasteiger partial charge in [-0.05, 0) is 37.6 Å². The van der Waals surface area contributed by atoms with E-state index in [0.717, 1.165) is 10.0 Å². The Labute approximate surface area is 126 Å². The second kappa shape index (κ2) is 6.21. The lowest BCUT2D eigenvalue weighted by Gasteiger charge is -2.21. The van der Waals surface area contributed by atoms with Gasteiger partial charge in [-0.15, -0.1) is 0 Å². The van der Waals surface area contributed by atoms with Crippen molar-refractivity contribution in [2.45, 2.75) is 30.8 Å². The molecule has 0 spiro atoms. The number of aliphatic hydroxyl groups is 1. The van der Waals surface area contributed by atoms with Crippen molar-refractivity contribution in [1.29, 1.82) is 0 Å². The largest absolute Gasteiger partial charge is 0.481 e. The van der Waals surface area contributed by atoms with Crippen LogP contribution in [0.15, 0.2) is 27.6 Å². The summed E-state index contributed by atoms with van der Waals surface area (Å²) < 4.78 is 27.1. The van der Waals surface area contributed by atoms with Gasteiger partial charge in [0.15, 0.2) is 0 Å². The van der Waals surface area contributed by atoms with Crippen molar-refractivity contribution in [3.8, 4) is 0 Å². The minimum Gasteiger partial charge on any atom is -0.481 e. The van der Waals surface area contributed by atoms with E-state index in [0.29, 0.717) is 0 Å². The van der Waals surface area contributed by atoms with Crippen LogP contribution in [0.4, 0.5) is 0 Å². The third-order valence-corrected chi connectivity index (χ3v) is 4.90. The monoisotopic (exact) mass is 365 g/mol. The number of aliphatic carboxylic acids is 1. The number of carboxylic acids is 1. The molecule has 0 saturated heterocycles. The number of hydrogen-bond donors (Lipinski definition) is 3. The van der Waals surface area contributed by atoms with Gasteiger partial charge in [0.25, 0.3) is 0 Å². The number of benzene rings is 1. The number of hydrogen-bond acceptors (Lipinski definition) is 4. The van der Waals surface area contributed by atoms with Crippen LogP contribution >= 0.6 is 15.9 Å². The maximum Gasteiger partial charge on any atom is 0.306 e. The highest BCUT2D eigenvalue weighted by molar-refractivity contribution is 9.10. The number of sulfonamides is 1. The maximum atomic E-state index is 12.0. The van der Waals surface area contributed by atoms with Crippen LogP contribution in [0.25, 0.3) is 0 Å². The Kier molecular flexibility index (Phi) is 5.31. The van der Waals surface area contributed by atoms with Crippen molar-refractivity contribution in [1.82, 2.24) is 4.72 Å². The van der Waals surface area contributed by atoms with Crippen LogP contribution in [-0.2, 0) is 14.8 Å². The fourth-order valence-corrected chi connectivity index (χ4v) is 3.00. The Hall–Kier alpha value is -0.960. The van der Waals surface area contributed by atoms with Crippen molar-refractivity contribution in [2.75, 3.05) is 6.54 Å². The average Bonchev–Trinajstić information content (AvgIpc) is 2.29. The first kappa shape index (κ1) is 17.1. The van der Waals surface area contributed by atoms with Gasteiger partial charge < -0.3 is 10.2 Å². The second-order valence-electron chi connectivity index (χ2n) is 4.80. The van der Waals surface area contributed by atoms with Crippen LogP contribution in [0.1, 0.15) is 18.9 Å². The maximum absolute atomic E-state index is 12.0. The molecule has 0 aliphatic carbocycles. The molecule has 0 aliphatic heterocycles. The molecule has 0 saturated carbocycles. The summed E-state index contributed by atoms with van der Waals surface area (Å²) in [6, 6.07) is 4.52. The molecular weight excluding hydrogens is 350 g/mol. The lowest BCUT2D eigenvalue weighted by molar-refractivity contribution is -0.141. The molecule has 6 nitrogen and oxygen atoms in total. The molecule has 0 aromatic heterocycles. The molecule has 8 heteroatoms. The second-order valence-corrected chi connectivity index (χ2v) is 7.42. The fraction of sp³-hybridized carbons (Fsp3) is 0.417. The molecule has 1 unspecified atom stereocenters. The summed E-state index contributed by atoms with van der Waals surface area (Å²) in [6.07, 6.45) is -0.547. The number of rotatable bonds is 6. The summed E-state index contributed by atoms with van der Waals surface area (Å²) in [6.45, 7) is 2.64. The number of halogens is 1. The van der Waals surface area contributed by atoms with E-state index in [-0.39, 0.29) is 11.4 Å². The summed E-state index contributed by atoms with van der Waals surface area (Å²) in [7, 11) is -3.79. The average molecular weight is 366 g/mol. The highest BCUT2D eigenvalue weighted by atomic mass is 79.9. The Morgan fingerprint density at radius 2 is 2.05 bits per heavy atom. The van der Waals surface area contributed by atoms with Crippen LogP contribution in [0, 0.1) is 6.92 Å². The van der Waals surface area contributed by atoms with Crippen molar-refractivity contribution >= 4 is 31.9 Å². The lowest BCUT2D eigenvalue weighted by Crippen LogP contribution is -2.42. The zero-order valence-corrected chi connectivity index (χ0v) is 13.5. The molecule has 0 bridgehead atoms. The molecule has 20 heavy (non-hydrogen) atoms. The van der Waals surface area contributed by atoms with Gasteiger partial charge in [-0.2, -0.15) is 0 Å². The molecule has 1 atom stereocenters. The van der Waals surface area contributed by atoms with Crippen molar-refractivity contribution in [2.24, 2.45) is 0 Å². The summed E-state index contributed by atoms with van der Waals surface area (Å²) in [4.78, 5) is 10.6. The predicted molar refractivity (Wildman–Crippen MR) is 76.9 cm³/mol. The predicted octanol–water partition coefficient (Wildman–Crippen LogP) is 1.26. The van der Waals surface area contributed by atoms with Crippen molar-refractivity contribution < 1.29 is 23.4 Å². The van der Waals surface area contributed by atoms with Crippen LogP contribution in [-0.4, -0.2) is 36.7 Å². The molecule has 0 fully saturated rings. The lowest BCUT2D eigenvalue weighted by atomic mass is 10.0. The Balaban J connectivity index is 2.85. The van der Waals surface area contributed by atoms with Crippen LogP contribution in [0.2, 0.25) is 0 Å². The number of carboxylic acid groups (broad SMARTS) is 1. The van der Waals surface area contributed by atoms with Gasteiger partial charge in [-0.25, -0.2) is 13.1 Å². The molecule has 112 valence electrons. The molecule has 3 N–H and O–H groups in total. The zero-order valence-electron chi connectivity index (χ0n) is 11.1. The minimum absolute atomic E-state index is 0.0596. The fourth-order valence-electron chi connectivity index (χ4n) is 1.51. The van der Waals surface area contributed by atoms with Gasteiger partial charge in [0.05, 0.1) is 16.9 Å². The van der Waals surface area contributed by atoms with E-state index in [9.17, 15) is 18.3 Å². The number of carbonyl (C=O) groups is 1. The van der Waals surface area contributed by atoms with E-state index in [4.69, 9.17) is 5.11 Å². The Morgan fingerprint density at radius 1 is 1.45 bits per heavy atom. The van der Waals surface area contributed by atoms with E-state index in [1.54, 1.807) is 13.0 Å². The molecule has 1 aromatic carbocycles. The van der Waals surface area contributed by atoms with Gasteiger partial charge >= 0.3 is 5.97 Å². The zero-order chi connectivity index (χ0) is 15.6. The Morgan fingerprint density at radius 3 is 2.55 bits per heavy atom. The molecule has 0 amide bonds. The van der Waals surface area contributed by atoms with E-state index in [1.807, 2.05) is 0 Å². The van der Waals surface area contributed by atoms with Crippen LogP contribution in [0.5, 0.6) is 0 Å². The topological polar surface area (TPSA) is 104 Å². The summed E-state index contributed by atoms with van der Waals surface area (Å²) >= 11 is 3.27. The van der Waals surface area contributed by atoms with Gasteiger partial charge in [0, 0.05) is 11.0 Å². The molecule has 0 radical (unpaired) electrons. The highest BCUT2D eigenvalue weighted by Gasteiger charge is 2.27. The molecule has 0 aliphatic rings. The Bertz CT molecular complexity index is 612. The van der Waals surface area contributed by atoms with E-state index in [2.05, 4.69) is 20.7 Å². The van der Waals surface area contributed by atoms with Gasteiger partial charge in [0.2, 0.25) is 10.0 Å². The van der Waals surface area contributed by atoms with Crippen molar-refractivity contribution in [3.63, 3.8) is 0 Å². The standard InChI is InChI=1S/C12H16BrNO5S/c1-8-5-9(3-4-10(8)13)20(18,19)14-7-12(2,17)6-11(15)16/h3-5,14,17H,6-7H2,1-2H3,(H,15,16). The molecule has 1 rings (SSSR count). The first-order valence-electron chi connectivity index (χ1n) is 5.73. The third-order valence-electron chi connectivity index (χ3n) is 2.61. The van der Waals surface area contributed by atoms with Gasteiger partial charge in [-0.3, -0.25) is 4.79 Å². The highest BCUT2D eigenvalue weighted by Crippen LogP contribution is 2.20. The normalized spacial score (nSPS) is 14.8. The number of nitrogens with one attached hydrogen (secondary N) is 1. The SMILES string of the molecule is Cc1cc(S(=O)(=O)NCC(C)(O)CC(=O)O)ccc1Br. The quantitative estimate of drug-likeness (QED) is 0.703. The van der Waals surface area contributed by atoms with Crippen LogP contribution in [0.3, 0.4) is 0 Å². The number of aryl methyl sites for hydroxylation is 1. The smallest absolute Gasteiger partial charge is 0.306 e. The van der Waals surface area contributed by atoms with Gasteiger partial charge in [0.1, 0.15) is 0 Å². The summed E-state index contributed by atoms with van der Waals surface area (Å²) in [5.41, 5.74) is -0.895. The van der Waals surface area contributed by atoms with E-state index < -0.39 is 28.0 Å². The van der Waals surface area contributed by atoms with E-state index in [1.165, 1.54) is 19.1 Å². The van der Waals surface area contributed by atoms with Crippen LogP contribution < -0.4 is 4.72 Å². The first-order valence-corrected chi connectivity index (χ1v) is 8.01. The summed E-state index contributed by atoms with van der Waals surface area (Å²) in [5.74, 6) is -1.20. The molecular formula is C12H16BrNO5S. The third kappa shape index (κ3) is 4.86. The molecule has 1 aromatic rings. The summed E-state index contributed by atoms with van der Waals surface area (Å²) in [5, 5.41) is 18.4. The van der Waals surface area contributed by atoms with Crippen molar-refractivity contribution in [3.05, 3.63) is 28.2 Å². The van der Waals surface area contributed by atoms with E-state index >= 15 is 0 Å². The minimum atomic E-state index is -3.79. The van der Waals surface area contributed by atoms with Gasteiger partial charge in [-0.1, -0.05) is 15.9 Å². The first-order chi connectivity index (χ1) is 9.03. The molecule has 0 heterocycles.